The van der Waals surface area contributed by atoms with E-state index in [0.717, 1.165) is 31.9 Å². The molecule has 0 radical (unpaired) electrons. The number of hydrogen-bond acceptors (Lipinski definition) is 16. The minimum absolute atomic E-state index is 0.135. The first-order valence-corrected chi connectivity index (χ1v) is 51.0. The molecule has 0 saturated carbocycles. The summed E-state index contributed by atoms with van der Waals surface area (Å²) in [5.41, 5.74) is 0.271. The monoisotopic (exact) mass is 1130 g/mol. The fraction of sp³-hybridized carbons (Fsp3) is 1.00. The highest BCUT2D eigenvalue weighted by molar-refractivity contribution is 6.90. The maximum atomic E-state index is 6.82. The Bertz CT molecular complexity index is 1350. The van der Waals surface area contributed by atoms with Gasteiger partial charge in [0.15, 0.2) is 17.4 Å². The largest absolute Gasteiger partial charge is 0.670 e. The highest BCUT2D eigenvalue weighted by Gasteiger charge is 2.55. The molecule has 67 heavy (non-hydrogen) atoms. The third kappa shape index (κ3) is 27.6. The van der Waals surface area contributed by atoms with Crippen LogP contribution in [0.2, 0.25) is 111 Å². The molecule has 0 spiro atoms. The summed E-state index contributed by atoms with van der Waals surface area (Å²) in [6.45, 7) is 57.7. The molecule has 1 rings (SSSR count). The zero-order valence-electron chi connectivity index (χ0n) is 48.0. The predicted octanol–water partition coefficient (Wildman–Crippen LogP) is 10.7. The van der Waals surface area contributed by atoms with E-state index in [4.69, 9.17) is 64.2 Å². The molecule has 1 fully saturated rings. The summed E-state index contributed by atoms with van der Waals surface area (Å²) in [6, 6.07) is 1.03. The van der Waals surface area contributed by atoms with Crippen LogP contribution in [0, 0.1) is 0 Å². The van der Waals surface area contributed by atoms with Crippen LogP contribution >= 0.6 is 0 Å². The van der Waals surface area contributed by atoms with Crippen LogP contribution in [0.25, 0.3) is 0 Å². The lowest BCUT2D eigenvalue weighted by Crippen LogP contribution is -2.61. The maximum Gasteiger partial charge on any atom is 0.670 e. The summed E-state index contributed by atoms with van der Waals surface area (Å²) < 4.78 is 93.5. The molecule has 0 amide bonds. The molecule has 0 aliphatic carbocycles. The Morgan fingerprint density at radius 2 is 0.731 bits per heavy atom. The lowest BCUT2D eigenvalue weighted by Gasteiger charge is -2.53. The summed E-state index contributed by atoms with van der Waals surface area (Å²) >= 11 is 0. The minimum Gasteiger partial charge on any atom is -0.440 e. The van der Waals surface area contributed by atoms with Crippen molar-refractivity contribution in [3.05, 3.63) is 0 Å². The number of likely N-dealkylation sites (tertiary alicyclic amines) is 1. The fourth-order valence-electron chi connectivity index (χ4n) is 9.01. The van der Waals surface area contributed by atoms with E-state index in [2.05, 4.69) is 105 Å². The van der Waals surface area contributed by atoms with Gasteiger partial charge in [0.05, 0.1) is 6.10 Å². The van der Waals surface area contributed by atoms with E-state index in [-0.39, 0.29) is 11.1 Å². The Hall–Kier alpha value is 1.53. The Morgan fingerprint density at radius 1 is 0.448 bits per heavy atom. The molecule has 26 heteroatoms. The van der Waals surface area contributed by atoms with Gasteiger partial charge in [0.25, 0.3) is 0 Å². The van der Waals surface area contributed by atoms with Gasteiger partial charge in [-0.1, -0.05) is 0 Å². The van der Waals surface area contributed by atoms with Gasteiger partial charge in [-0.3, -0.25) is 4.90 Å². The molecule has 1 aliphatic heterocycles. The van der Waals surface area contributed by atoms with E-state index in [1.54, 1.807) is 0 Å². The van der Waals surface area contributed by atoms with E-state index in [9.17, 15) is 0 Å². The lowest BCUT2D eigenvalue weighted by atomic mass is 9.79. The summed E-state index contributed by atoms with van der Waals surface area (Å²) in [4.78, 5) is 2.50. The van der Waals surface area contributed by atoms with Crippen LogP contribution in [-0.2, 0) is 64.2 Å². The first-order chi connectivity index (χ1) is 30.2. The predicted molar refractivity (Wildman–Crippen MR) is 296 cm³/mol. The smallest absolute Gasteiger partial charge is 0.440 e. The third-order valence-electron chi connectivity index (χ3n) is 10.2. The minimum atomic E-state index is -3.30. The molecule has 0 unspecified atom stereocenters. The first kappa shape index (κ1) is 68.5. The number of nitrogens with zero attached hydrogens (tertiary/aromatic N) is 1. The average molecular weight is 1130 g/mol. The number of ether oxygens (including phenoxy) is 1. The molecule has 16 nitrogen and oxygen atoms in total. The van der Waals surface area contributed by atoms with E-state index in [0.29, 0.717) is 45.7 Å². The second kappa shape index (κ2) is 28.4. The van der Waals surface area contributed by atoms with Crippen LogP contribution < -0.4 is 0 Å². The van der Waals surface area contributed by atoms with Crippen molar-refractivity contribution in [2.45, 2.75) is 216 Å². The lowest BCUT2D eigenvalue weighted by molar-refractivity contribution is -0.0912. The Balaban J connectivity index is 0.00000144. The molecule has 0 aromatic heterocycles. The van der Waals surface area contributed by atoms with Gasteiger partial charge in [-0.05, 0) is 206 Å². The van der Waals surface area contributed by atoms with Crippen molar-refractivity contribution in [1.82, 2.24) is 4.90 Å². The number of piperidine rings is 1. The van der Waals surface area contributed by atoms with Crippen LogP contribution in [0.3, 0.4) is 0 Å². The molecule has 1 saturated heterocycles. The van der Waals surface area contributed by atoms with Gasteiger partial charge in [0.1, 0.15) is 0 Å². The van der Waals surface area contributed by atoms with Crippen molar-refractivity contribution in [1.29, 1.82) is 0 Å². The molecule has 0 aromatic carbocycles. The van der Waals surface area contributed by atoms with E-state index in [1.807, 2.05) is 80.8 Å². The SMILES string of the molecule is CCO[Si](OCC)(OCC)O[Si](C)(C)O[Si](C)(C)O[Si](C)(C)O[SiH](C)C.CCO[Si](OCC)(OCC)O[Si](C)(C)O[Si](C)(C)O[Si](C)(C)O[Si](C)(C)CCCOC1CC(C)(C)N(C)C(C)(C)C1. The second-order valence-corrected chi connectivity index (χ2v) is 55.1. The van der Waals surface area contributed by atoms with E-state index >= 15 is 0 Å². The van der Waals surface area contributed by atoms with Crippen molar-refractivity contribution >= 4 is 86.8 Å². The fourth-order valence-corrected chi connectivity index (χ4v) is 51.4. The first-order valence-electron chi connectivity index (χ1n) is 24.9. The van der Waals surface area contributed by atoms with Crippen molar-refractivity contribution in [3.63, 3.8) is 0 Å². The van der Waals surface area contributed by atoms with Gasteiger partial charge in [0.2, 0.25) is 0 Å². The van der Waals surface area contributed by atoms with Crippen LogP contribution in [0.15, 0.2) is 0 Å². The maximum absolute atomic E-state index is 6.82. The number of hydrogen-bond donors (Lipinski definition) is 0. The summed E-state index contributed by atoms with van der Waals surface area (Å²) in [6.07, 6.45) is 3.42. The Morgan fingerprint density at radius 3 is 1.03 bits per heavy atom. The van der Waals surface area contributed by atoms with Gasteiger partial charge < -0.3 is 64.2 Å². The van der Waals surface area contributed by atoms with Crippen molar-refractivity contribution in [3.8, 4) is 0 Å². The van der Waals surface area contributed by atoms with Gasteiger partial charge in [-0.25, -0.2) is 0 Å². The molecule has 1 aliphatic rings. The third-order valence-corrected chi connectivity index (χ3v) is 45.6. The van der Waals surface area contributed by atoms with Crippen molar-refractivity contribution in [2.75, 3.05) is 53.3 Å². The molecule has 0 atom stereocenters. The summed E-state index contributed by atoms with van der Waals surface area (Å²) in [5, 5.41) is 0. The zero-order chi connectivity index (χ0) is 52.6. The number of rotatable bonds is 33. The van der Waals surface area contributed by atoms with Crippen LogP contribution in [0.5, 0.6) is 0 Å². The molecule has 0 bridgehead atoms. The summed E-state index contributed by atoms with van der Waals surface area (Å²) in [5.74, 6) is 0. The van der Waals surface area contributed by atoms with Crippen molar-refractivity contribution in [2.24, 2.45) is 0 Å². The van der Waals surface area contributed by atoms with E-state index < -0.39 is 86.8 Å². The van der Waals surface area contributed by atoms with Gasteiger partial charge in [-0.15, -0.1) is 0 Å². The van der Waals surface area contributed by atoms with Gasteiger partial charge >= 0.3 is 69.5 Å². The molecular weight excluding hydrogens is 1030 g/mol. The summed E-state index contributed by atoms with van der Waals surface area (Å²) in [7, 11) is -22.6. The molecule has 0 aromatic rings. The normalized spacial score (nSPS) is 17.6. The molecular formula is C41H105NO15Si10. The molecule has 404 valence electrons. The molecule has 0 N–H and O–H groups in total. The standard InChI is InChI=1S/C27H65NO8Si5.C14H40O7Si5/c1-17-30-41(31-18-2,32-19-3)36-40(15,16)35-39(13,14)34-38(11,12)33-37(9,10)22-20-21-29-25-23-26(4,5)28(8)27(6,7)24-25;1-12-15-26(16-13-2,17-14-3)21-25(10,11)20-24(8,9)19-23(6,7)18-22(4)5/h25H,17-24H2,1-16H3;22H,12-14H2,1-11H3. The Labute approximate surface area is 423 Å². The highest BCUT2D eigenvalue weighted by Crippen LogP contribution is 2.38. The van der Waals surface area contributed by atoms with Gasteiger partial charge in [-0.2, -0.15) is 0 Å². The quantitative estimate of drug-likeness (QED) is 0.0454. The van der Waals surface area contributed by atoms with Crippen molar-refractivity contribution < 1.29 is 64.2 Å². The topological polar surface area (TPSA) is 142 Å². The van der Waals surface area contributed by atoms with Gasteiger partial charge in [0, 0.05) is 57.3 Å². The van der Waals surface area contributed by atoms with Crippen LogP contribution in [-0.4, -0.2) is 162 Å². The van der Waals surface area contributed by atoms with Crippen LogP contribution in [0.1, 0.15) is 88.5 Å². The second-order valence-electron chi connectivity index (χ2n) is 21.8. The zero-order valence-corrected chi connectivity index (χ0v) is 58.2. The van der Waals surface area contributed by atoms with Crippen LogP contribution in [0.4, 0.5) is 0 Å². The van der Waals surface area contributed by atoms with E-state index in [1.165, 1.54) is 0 Å². The highest BCUT2D eigenvalue weighted by atomic mass is 28.5. The molecule has 1 heterocycles. The average Bonchev–Trinajstić information content (AvgIpc) is 3.06. The Kier molecular flexibility index (Phi) is 29.1.